The normalized spacial score (nSPS) is 20.5. The van der Waals surface area contributed by atoms with Crippen LogP contribution in [0.3, 0.4) is 0 Å². The number of anilines is 2. The second-order valence-corrected chi connectivity index (χ2v) is 8.20. The van der Waals surface area contributed by atoms with E-state index in [1.165, 1.54) is 5.56 Å². The number of likely N-dealkylation sites (N-methyl/N-ethyl adjacent to an activating group) is 1. The molecule has 2 aromatic rings. The summed E-state index contributed by atoms with van der Waals surface area (Å²) in [4.78, 5) is 9.65. The summed E-state index contributed by atoms with van der Waals surface area (Å²) in [6, 6.07) is 8.45. The van der Waals surface area contributed by atoms with Crippen LogP contribution in [0.1, 0.15) is 18.4 Å². The quantitative estimate of drug-likeness (QED) is 0.767. The van der Waals surface area contributed by atoms with Crippen LogP contribution in [-0.2, 0) is 4.74 Å². The maximum absolute atomic E-state index is 5.63. The Labute approximate surface area is 172 Å². The number of pyridine rings is 1. The first-order valence-corrected chi connectivity index (χ1v) is 10.5. The molecule has 0 bridgehead atoms. The summed E-state index contributed by atoms with van der Waals surface area (Å²) in [6.45, 7) is 7.99. The van der Waals surface area contributed by atoms with Crippen LogP contribution in [0.2, 0.25) is 0 Å². The second kappa shape index (κ2) is 8.59. The lowest BCUT2D eigenvalue weighted by atomic mass is 10.1. The molecule has 6 nitrogen and oxygen atoms in total. The number of hydrogen-bond donors (Lipinski definition) is 2. The third-order valence-electron chi connectivity index (χ3n) is 5.60. The fraction of sp³-hybridized carbons (Fsp3) is 0.524. The highest BCUT2D eigenvalue weighted by Gasteiger charge is 2.17. The van der Waals surface area contributed by atoms with Gasteiger partial charge in [0.1, 0.15) is 5.82 Å². The zero-order chi connectivity index (χ0) is 19.5. The zero-order valence-electron chi connectivity index (χ0n) is 16.7. The molecule has 2 aliphatic heterocycles. The molecule has 1 unspecified atom stereocenters. The van der Waals surface area contributed by atoms with Gasteiger partial charge in [0.25, 0.3) is 0 Å². The van der Waals surface area contributed by atoms with Gasteiger partial charge in [0.15, 0.2) is 5.11 Å². The third-order valence-corrected chi connectivity index (χ3v) is 5.85. The van der Waals surface area contributed by atoms with Gasteiger partial charge in [-0.3, -0.25) is 0 Å². The van der Waals surface area contributed by atoms with Crippen molar-refractivity contribution in [1.29, 1.82) is 0 Å². The maximum Gasteiger partial charge on any atom is 0.170 e. The average Bonchev–Trinajstić information content (AvgIpc) is 3.21. The molecule has 2 aliphatic rings. The van der Waals surface area contributed by atoms with Crippen molar-refractivity contribution >= 4 is 39.7 Å². The van der Waals surface area contributed by atoms with E-state index in [0.29, 0.717) is 5.11 Å². The van der Waals surface area contributed by atoms with Gasteiger partial charge < -0.3 is 25.2 Å². The predicted octanol–water partition coefficient (Wildman–Crippen LogP) is 2.76. The van der Waals surface area contributed by atoms with Crippen molar-refractivity contribution in [3.05, 3.63) is 29.8 Å². The van der Waals surface area contributed by atoms with Gasteiger partial charge in [0.05, 0.1) is 11.6 Å². The van der Waals surface area contributed by atoms with Gasteiger partial charge in [0, 0.05) is 50.4 Å². The maximum atomic E-state index is 5.63. The number of nitrogens with zero attached hydrogens (tertiary/aromatic N) is 3. The van der Waals surface area contributed by atoms with Crippen molar-refractivity contribution in [1.82, 2.24) is 15.2 Å². The number of benzene rings is 1. The number of ether oxygens (including phenoxy) is 1. The number of thiocarbonyl (C=S) groups is 1. The second-order valence-electron chi connectivity index (χ2n) is 7.79. The highest BCUT2D eigenvalue weighted by atomic mass is 32.1. The van der Waals surface area contributed by atoms with Gasteiger partial charge in [-0.1, -0.05) is 0 Å². The van der Waals surface area contributed by atoms with Crippen molar-refractivity contribution in [2.75, 3.05) is 56.6 Å². The Morgan fingerprint density at radius 2 is 2.07 bits per heavy atom. The molecular formula is C21H29N5OS. The van der Waals surface area contributed by atoms with Crippen molar-refractivity contribution in [3.8, 4) is 0 Å². The summed E-state index contributed by atoms with van der Waals surface area (Å²) < 4.78 is 5.63. The van der Waals surface area contributed by atoms with Crippen molar-refractivity contribution < 1.29 is 4.74 Å². The average molecular weight is 400 g/mol. The summed E-state index contributed by atoms with van der Waals surface area (Å²) in [6.07, 6.45) is 2.52. The van der Waals surface area contributed by atoms with E-state index in [1.807, 2.05) is 6.07 Å². The molecule has 28 heavy (non-hydrogen) atoms. The molecular weight excluding hydrogens is 370 g/mol. The van der Waals surface area contributed by atoms with E-state index in [-0.39, 0.29) is 6.10 Å². The summed E-state index contributed by atoms with van der Waals surface area (Å²) >= 11 is 5.44. The van der Waals surface area contributed by atoms with Crippen molar-refractivity contribution in [2.45, 2.75) is 25.9 Å². The van der Waals surface area contributed by atoms with Crippen LogP contribution < -0.4 is 15.5 Å². The fourth-order valence-electron chi connectivity index (χ4n) is 3.84. The predicted molar refractivity (Wildman–Crippen MR) is 119 cm³/mol. The van der Waals surface area contributed by atoms with Crippen molar-refractivity contribution in [3.63, 3.8) is 0 Å². The summed E-state index contributed by atoms with van der Waals surface area (Å²) in [7, 11) is 2.17. The Bertz CT molecular complexity index is 844. The molecule has 0 radical (unpaired) electrons. The van der Waals surface area contributed by atoms with Crippen LogP contribution in [0.4, 0.5) is 11.5 Å². The molecule has 1 aromatic heterocycles. The van der Waals surface area contributed by atoms with E-state index < -0.39 is 0 Å². The molecule has 0 amide bonds. The Morgan fingerprint density at radius 1 is 1.25 bits per heavy atom. The molecule has 2 saturated heterocycles. The summed E-state index contributed by atoms with van der Waals surface area (Å²) in [5.74, 6) is 1.08. The monoisotopic (exact) mass is 399 g/mol. The van der Waals surface area contributed by atoms with Gasteiger partial charge in [0.2, 0.25) is 0 Å². The number of rotatable bonds is 4. The first-order valence-electron chi connectivity index (χ1n) is 10.1. The van der Waals surface area contributed by atoms with Gasteiger partial charge in [-0.25, -0.2) is 4.98 Å². The highest BCUT2D eigenvalue weighted by Crippen LogP contribution is 2.26. The van der Waals surface area contributed by atoms with Crippen LogP contribution in [-0.4, -0.2) is 67.5 Å². The largest absolute Gasteiger partial charge is 0.376 e. The van der Waals surface area contributed by atoms with E-state index >= 15 is 0 Å². The van der Waals surface area contributed by atoms with Crippen LogP contribution in [0.25, 0.3) is 10.9 Å². The van der Waals surface area contributed by atoms with Crippen LogP contribution in [0.15, 0.2) is 24.3 Å². The Morgan fingerprint density at radius 3 is 2.82 bits per heavy atom. The first-order chi connectivity index (χ1) is 13.6. The number of piperazine rings is 1. The van der Waals surface area contributed by atoms with Gasteiger partial charge >= 0.3 is 0 Å². The van der Waals surface area contributed by atoms with E-state index in [0.717, 1.165) is 74.6 Å². The van der Waals surface area contributed by atoms with Gasteiger partial charge in [-0.2, -0.15) is 0 Å². The minimum Gasteiger partial charge on any atom is -0.376 e. The molecule has 0 aliphatic carbocycles. The van der Waals surface area contributed by atoms with Gasteiger partial charge in [-0.15, -0.1) is 0 Å². The standard InChI is InChI=1S/C21H29N5OS/c1-15-12-20(26-9-7-25(2)8-10-26)24-19-6-5-16(13-18(15)19)23-21(28)22-14-17-4-3-11-27-17/h5-6,12-13,17H,3-4,7-11,14H2,1-2H3,(H2,22,23,28). The SMILES string of the molecule is Cc1cc(N2CCN(C)CC2)nc2ccc(NC(=S)NCC3CCCO3)cc12. The summed E-state index contributed by atoms with van der Waals surface area (Å²) in [5.41, 5.74) is 3.24. The van der Waals surface area contributed by atoms with Crippen LogP contribution in [0.5, 0.6) is 0 Å². The number of hydrogen-bond acceptors (Lipinski definition) is 5. The topological polar surface area (TPSA) is 52.7 Å². The molecule has 0 spiro atoms. The number of fused-ring (bicyclic) bond motifs is 1. The highest BCUT2D eigenvalue weighted by molar-refractivity contribution is 7.80. The molecule has 2 N–H and O–H groups in total. The van der Waals surface area contributed by atoms with Gasteiger partial charge in [-0.05, 0) is 68.9 Å². The Kier molecular flexibility index (Phi) is 5.94. The summed E-state index contributed by atoms with van der Waals surface area (Å²) in [5, 5.41) is 8.34. The number of nitrogens with one attached hydrogen (secondary N) is 2. The van der Waals surface area contributed by atoms with E-state index in [2.05, 4.69) is 52.6 Å². The Hall–Kier alpha value is -1.96. The molecule has 4 rings (SSSR count). The fourth-order valence-corrected chi connectivity index (χ4v) is 4.04. The lowest BCUT2D eigenvalue weighted by Gasteiger charge is -2.33. The molecule has 1 atom stereocenters. The Balaban J connectivity index is 1.44. The van der Waals surface area contributed by atoms with Crippen molar-refractivity contribution in [2.24, 2.45) is 0 Å². The molecule has 0 saturated carbocycles. The lowest BCUT2D eigenvalue weighted by Crippen LogP contribution is -2.44. The molecule has 3 heterocycles. The van der Waals surface area contributed by atoms with Crippen LogP contribution >= 0.6 is 12.2 Å². The van der Waals surface area contributed by atoms with E-state index in [1.54, 1.807) is 0 Å². The minimum atomic E-state index is 0.274. The number of aromatic nitrogens is 1. The first kappa shape index (κ1) is 19.4. The molecule has 1 aromatic carbocycles. The minimum absolute atomic E-state index is 0.274. The number of aryl methyl sites for hydroxylation is 1. The third kappa shape index (κ3) is 4.54. The molecule has 150 valence electrons. The van der Waals surface area contributed by atoms with E-state index in [9.17, 15) is 0 Å². The smallest absolute Gasteiger partial charge is 0.170 e. The molecule has 7 heteroatoms. The lowest BCUT2D eigenvalue weighted by molar-refractivity contribution is 0.114. The van der Waals surface area contributed by atoms with E-state index in [4.69, 9.17) is 21.9 Å². The van der Waals surface area contributed by atoms with Crippen LogP contribution in [0, 0.1) is 6.92 Å². The zero-order valence-corrected chi connectivity index (χ0v) is 17.5. The molecule has 2 fully saturated rings.